The number of rotatable bonds is 4. The van der Waals surface area contributed by atoms with Gasteiger partial charge in [0.1, 0.15) is 5.52 Å². The summed E-state index contributed by atoms with van der Waals surface area (Å²) >= 11 is 3.44. The Kier molecular flexibility index (Phi) is 4.22. The number of anilines is 1. The molecule has 0 aliphatic carbocycles. The standard InChI is InChI=1S/C12H14BrF3N4/c1-8(13)3-5-19(2)11-9-7-10(12(14,15)16)18-20(9)6-4-17-11/h4,6-8H,3,5H2,1-2H3. The fourth-order valence-electron chi connectivity index (χ4n) is 1.82. The van der Waals surface area contributed by atoms with E-state index in [1.54, 1.807) is 7.05 Å². The second-order valence-corrected chi connectivity index (χ2v) is 6.16. The number of alkyl halides is 4. The SMILES string of the molecule is CC(Br)CCN(C)c1nccn2nc(C(F)(F)F)cc12. The van der Waals surface area contributed by atoms with Crippen molar-refractivity contribution in [2.24, 2.45) is 0 Å². The fraction of sp³-hybridized carbons (Fsp3) is 0.500. The second-order valence-electron chi connectivity index (χ2n) is 4.60. The van der Waals surface area contributed by atoms with Crippen LogP contribution in [0.2, 0.25) is 0 Å². The smallest absolute Gasteiger partial charge is 0.358 e. The van der Waals surface area contributed by atoms with E-state index >= 15 is 0 Å². The van der Waals surface area contributed by atoms with Crippen LogP contribution in [0.15, 0.2) is 18.5 Å². The summed E-state index contributed by atoms with van der Waals surface area (Å²) in [6.45, 7) is 2.70. The third-order valence-corrected chi connectivity index (χ3v) is 3.34. The normalized spacial score (nSPS) is 13.7. The molecule has 0 amide bonds. The van der Waals surface area contributed by atoms with Crippen molar-refractivity contribution in [2.45, 2.75) is 24.3 Å². The zero-order valence-electron chi connectivity index (χ0n) is 11.0. The Hall–Kier alpha value is -1.31. The summed E-state index contributed by atoms with van der Waals surface area (Å²) < 4.78 is 39.3. The van der Waals surface area contributed by atoms with Crippen molar-refractivity contribution < 1.29 is 13.2 Å². The molecular formula is C12H14BrF3N4. The lowest BCUT2D eigenvalue weighted by Gasteiger charge is -2.19. The van der Waals surface area contributed by atoms with Crippen LogP contribution in [0.3, 0.4) is 0 Å². The number of nitrogens with zero attached hydrogens (tertiary/aromatic N) is 4. The summed E-state index contributed by atoms with van der Waals surface area (Å²) in [7, 11) is 1.80. The highest BCUT2D eigenvalue weighted by Gasteiger charge is 2.34. The number of aromatic nitrogens is 3. The van der Waals surface area contributed by atoms with E-state index in [1.807, 2.05) is 11.8 Å². The van der Waals surface area contributed by atoms with E-state index in [1.165, 1.54) is 16.9 Å². The number of hydrogen-bond acceptors (Lipinski definition) is 3. The summed E-state index contributed by atoms with van der Waals surface area (Å²) in [6, 6.07) is 1.02. The van der Waals surface area contributed by atoms with Crippen molar-refractivity contribution in [3.05, 3.63) is 24.2 Å². The van der Waals surface area contributed by atoms with E-state index in [0.717, 1.165) is 12.5 Å². The molecule has 0 N–H and O–H groups in total. The number of fused-ring (bicyclic) bond motifs is 1. The first-order chi connectivity index (χ1) is 9.29. The average Bonchev–Trinajstić information content (AvgIpc) is 2.79. The van der Waals surface area contributed by atoms with Gasteiger partial charge in [0.25, 0.3) is 0 Å². The van der Waals surface area contributed by atoms with Crippen LogP contribution in [0.25, 0.3) is 5.52 Å². The van der Waals surface area contributed by atoms with Crippen LogP contribution in [-0.2, 0) is 6.18 Å². The Balaban J connectivity index is 2.36. The van der Waals surface area contributed by atoms with Crippen LogP contribution in [0.1, 0.15) is 19.0 Å². The Morgan fingerprint density at radius 3 is 2.75 bits per heavy atom. The maximum absolute atomic E-state index is 12.7. The average molecular weight is 351 g/mol. The molecule has 20 heavy (non-hydrogen) atoms. The molecule has 0 bridgehead atoms. The minimum absolute atomic E-state index is 0.334. The van der Waals surface area contributed by atoms with Crippen LogP contribution < -0.4 is 4.90 Å². The molecule has 0 fully saturated rings. The molecule has 1 unspecified atom stereocenters. The summed E-state index contributed by atoms with van der Waals surface area (Å²) in [6.07, 6.45) is -0.732. The molecule has 110 valence electrons. The Bertz CT molecular complexity index is 594. The zero-order valence-corrected chi connectivity index (χ0v) is 12.6. The minimum atomic E-state index is -4.45. The maximum atomic E-state index is 12.7. The van der Waals surface area contributed by atoms with Crippen molar-refractivity contribution >= 4 is 27.3 Å². The first-order valence-electron chi connectivity index (χ1n) is 6.06. The van der Waals surface area contributed by atoms with Gasteiger partial charge in [-0.1, -0.05) is 22.9 Å². The predicted octanol–water partition coefficient (Wildman–Crippen LogP) is 3.36. The maximum Gasteiger partial charge on any atom is 0.435 e. The van der Waals surface area contributed by atoms with Crippen LogP contribution in [0.4, 0.5) is 19.0 Å². The molecule has 0 aliphatic rings. The first-order valence-corrected chi connectivity index (χ1v) is 6.97. The van der Waals surface area contributed by atoms with Gasteiger partial charge in [0.15, 0.2) is 11.5 Å². The van der Waals surface area contributed by atoms with Gasteiger partial charge in [-0.3, -0.25) is 0 Å². The van der Waals surface area contributed by atoms with E-state index in [9.17, 15) is 13.2 Å². The molecule has 2 aromatic rings. The molecule has 0 radical (unpaired) electrons. The molecule has 0 aliphatic heterocycles. The van der Waals surface area contributed by atoms with E-state index in [0.29, 0.717) is 22.7 Å². The summed E-state index contributed by atoms with van der Waals surface area (Å²) in [4.78, 5) is 6.32. The van der Waals surface area contributed by atoms with Crippen molar-refractivity contribution in [1.82, 2.24) is 14.6 Å². The Labute approximate surface area is 122 Å². The Morgan fingerprint density at radius 2 is 2.15 bits per heavy atom. The molecule has 2 aromatic heterocycles. The van der Waals surface area contributed by atoms with Gasteiger partial charge in [0.2, 0.25) is 0 Å². The van der Waals surface area contributed by atoms with E-state index < -0.39 is 11.9 Å². The molecule has 2 heterocycles. The molecule has 0 saturated heterocycles. The largest absolute Gasteiger partial charge is 0.435 e. The first kappa shape index (κ1) is 15.1. The van der Waals surface area contributed by atoms with Crippen LogP contribution >= 0.6 is 15.9 Å². The van der Waals surface area contributed by atoms with Gasteiger partial charge in [-0.2, -0.15) is 18.3 Å². The molecule has 0 saturated carbocycles. The van der Waals surface area contributed by atoms with Crippen LogP contribution in [-0.4, -0.2) is 33.0 Å². The van der Waals surface area contributed by atoms with Gasteiger partial charge in [-0.25, -0.2) is 9.50 Å². The van der Waals surface area contributed by atoms with Crippen molar-refractivity contribution in [3.8, 4) is 0 Å². The van der Waals surface area contributed by atoms with E-state index in [4.69, 9.17) is 0 Å². The molecule has 8 heteroatoms. The quantitative estimate of drug-likeness (QED) is 0.792. The van der Waals surface area contributed by atoms with Gasteiger partial charge < -0.3 is 4.90 Å². The fourth-order valence-corrected chi connectivity index (χ4v) is 2.02. The van der Waals surface area contributed by atoms with Gasteiger partial charge >= 0.3 is 6.18 Å². The van der Waals surface area contributed by atoms with Crippen LogP contribution in [0, 0.1) is 0 Å². The topological polar surface area (TPSA) is 33.4 Å². The minimum Gasteiger partial charge on any atom is -0.358 e. The predicted molar refractivity (Wildman–Crippen MR) is 74.3 cm³/mol. The highest BCUT2D eigenvalue weighted by Crippen LogP contribution is 2.30. The summed E-state index contributed by atoms with van der Waals surface area (Å²) in [5, 5.41) is 3.54. The molecular weight excluding hydrogens is 337 g/mol. The van der Waals surface area contributed by atoms with Crippen LogP contribution in [0.5, 0.6) is 0 Å². The zero-order chi connectivity index (χ0) is 14.9. The van der Waals surface area contributed by atoms with Gasteiger partial charge in [-0.05, 0) is 6.42 Å². The summed E-state index contributed by atoms with van der Waals surface area (Å²) in [5.41, 5.74) is -0.557. The lowest BCUT2D eigenvalue weighted by atomic mass is 10.3. The molecule has 4 nitrogen and oxygen atoms in total. The monoisotopic (exact) mass is 350 g/mol. The van der Waals surface area contributed by atoms with Crippen molar-refractivity contribution in [2.75, 3.05) is 18.5 Å². The van der Waals surface area contributed by atoms with Crippen molar-refractivity contribution in [1.29, 1.82) is 0 Å². The Morgan fingerprint density at radius 1 is 1.45 bits per heavy atom. The molecule has 0 aromatic carbocycles. The highest BCUT2D eigenvalue weighted by molar-refractivity contribution is 9.09. The van der Waals surface area contributed by atoms with E-state index in [-0.39, 0.29) is 0 Å². The third kappa shape index (κ3) is 3.23. The highest BCUT2D eigenvalue weighted by atomic mass is 79.9. The van der Waals surface area contributed by atoms with Crippen molar-refractivity contribution in [3.63, 3.8) is 0 Å². The second kappa shape index (κ2) is 5.59. The molecule has 1 atom stereocenters. The number of halogens is 4. The van der Waals surface area contributed by atoms with Gasteiger partial charge in [-0.15, -0.1) is 0 Å². The third-order valence-electron chi connectivity index (χ3n) is 2.88. The van der Waals surface area contributed by atoms with Gasteiger partial charge in [0.05, 0.1) is 0 Å². The lowest BCUT2D eigenvalue weighted by molar-refractivity contribution is -0.141. The molecule has 0 spiro atoms. The van der Waals surface area contributed by atoms with E-state index in [2.05, 4.69) is 26.0 Å². The molecule has 2 rings (SSSR count). The summed E-state index contributed by atoms with van der Waals surface area (Å²) in [5.74, 6) is 0.489. The lowest BCUT2D eigenvalue weighted by Crippen LogP contribution is -2.22. The van der Waals surface area contributed by atoms with Gasteiger partial charge in [0, 0.05) is 36.9 Å². The number of hydrogen-bond donors (Lipinski definition) is 0.